The number of ether oxygens (including phenoxy) is 1. The van der Waals surface area contributed by atoms with E-state index in [1.54, 1.807) is 18.2 Å². The maximum atomic E-state index is 12.6. The number of nitro groups is 1. The van der Waals surface area contributed by atoms with Gasteiger partial charge in [-0.25, -0.2) is 4.79 Å². The van der Waals surface area contributed by atoms with Crippen LogP contribution in [0.4, 0.5) is 17.1 Å². The largest absolute Gasteiger partial charge is 0.484 e. The van der Waals surface area contributed by atoms with E-state index < -0.39 is 22.7 Å². The fourth-order valence-electron chi connectivity index (χ4n) is 2.68. The van der Waals surface area contributed by atoms with Gasteiger partial charge in [0.2, 0.25) is 0 Å². The van der Waals surface area contributed by atoms with Crippen molar-refractivity contribution in [1.29, 1.82) is 0 Å². The van der Waals surface area contributed by atoms with Crippen LogP contribution >= 0.6 is 0 Å². The van der Waals surface area contributed by atoms with Gasteiger partial charge >= 0.3 is 5.97 Å². The Labute approximate surface area is 181 Å². The van der Waals surface area contributed by atoms with Crippen LogP contribution in [-0.2, 0) is 4.79 Å². The normalized spacial score (nSPS) is 10.1. The maximum absolute atomic E-state index is 12.6. The minimum atomic E-state index is -1.08. The molecule has 0 heterocycles. The van der Waals surface area contributed by atoms with E-state index in [0.717, 1.165) is 0 Å². The van der Waals surface area contributed by atoms with Crippen LogP contribution in [0.5, 0.6) is 5.75 Å². The second kappa shape index (κ2) is 9.85. The topological polar surface area (TPSA) is 148 Å². The minimum Gasteiger partial charge on any atom is -0.484 e. The molecular formula is C22H17N3O7. The Hall–Kier alpha value is -4.73. The molecule has 32 heavy (non-hydrogen) atoms. The predicted molar refractivity (Wildman–Crippen MR) is 115 cm³/mol. The third-order valence-electron chi connectivity index (χ3n) is 4.25. The van der Waals surface area contributed by atoms with Crippen molar-refractivity contribution in [3.8, 4) is 5.75 Å². The summed E-state index contributed by atoms with van der Waals surface area (Å²) in [5, 5.41) is 24.8. The number of aromatic carboxylic acids is 1. The van der Waals surface area contributed by atoms with E-state index in [1.165, 1.54) is 54.6 Å². The average molecular weight is 435 g/mol. The number of para-hydroxylation sites is 1. The highest BCUT2D eigenvalue weighted by atomic mass is 16.6. The van der Waals surface area contributed by atoms with Crippen molar-refractivity contribution in [2.45, 2.75) is 0 Å². The zero-order valence-electron chi connectivity index (χ0n) is 16.5. The molecule has 3 aromatic carbocycles. The van der Waals surface area contributed by atoms with Gasteiger partial charge in [0.05, 0.1) is 21.7 Å². The van der Waals surface area contributed by atoms with Crippen LogP contribution in [0.2, 0.25) is 0 Å². The molecule has 0 aliphatic rings. The predicted octanol–water partition coefficient (Wildman–Crippen LogP) is 3.56. The minimum absolute atomic E-state index is 0.0867. The number of hydrogen-bond acceptors (Lipinski definition) is 6. The van der Waals surface area contributed by atoms with E-state index in [4.69, 9.17) is 9.84 Å². The van der Waals surface area contributed by atoms with Crippen LogP contribution < -0.4 is 15.4 Å². The highest BCUT2D eigenvalue weighted by Crippen LogP contribution is 2.19. The first-order chi connectivity index (χ1) is 15.3. The highest BCUT2D eigenvalue weighted by molar-refractivity contribution is 6.10. The smallest absolute Gasteiger partial charge is 0.335 e. The zero-order chi connectivity index (χ0) is 23.1. The summed E-state index contributed by atoms with van der Waals surface area (Å²) in [4.78, 5) is 46.0. The number of non-ortho nitro benzene ring substituents is 1. The summed E-state index contributed by atoms with van der Waals surface area (Å²) in [6, 6.07) is 17.3. The molecule has 2 amide bonds. The molecule has 0 radical (unpaired) electrons. The summed E-state index contributed by atoms with van der Waals surface area (Å²) >= 11 is 0. The standard InChI is InChI=1S/C22H17N3O7/c26-20(13-32-17-11-9-16(10-12-17)25(30)31)24-19-4-2-1-3-18(19)21(27)23-15-7-5-14(6-8-15)22(28)29/h1-12H,13H2,(H,23,27)(H,24,26)(H,28,29). The molecule has 3 N–H and O–H groups in total. The van der Waals surface area contributed by atoms with Crippen LogP contribution in [0.3, 0.4) is 0 Å². The van der Waals surface area contributed by atoms with Gasteiger partial charge in [0, 0.05) is 17.8 Å². The number of carbonyl (C=O) groups is 3. The molecule has 0 bridgehead atoms. The Morgan fingerprint density at radius 2 is 1.56 bits per heavy atom. The molecule has 10 heteroatoms. The van der Waals surface area contributed by atoms with Gasteiger partial charge in [-0.15, -0.1) is 0 Å². The molecule has 0 saturated carbocycles. The quantitative estimate of drug-likeness (QED) is 0.362. The monoisotopic (exact) mass is 435 g/mol. The Balaban J connectivity index is 1.62. The molecule has 0 saturated heterocycles. The second-order valence-corrected chi connectivity index (χ2v) is 6.47. The number of nitro benzene ring substituents is 1. The number of amides is 2. The van der Waals surface area contributed by atoms with Crippen molar-refractivity contribution >= 4 is 34.8 Å². The number of hydrogen-bond donors (Lipinski definition) is 3. The van der Waals surface area contributed by atoms with Crippen molar-refractivity contribution in [2.75, 3.05) is 17.2 Å². The molecule has 10 nitrogen and oxygen atoms in total. The van der Waals surface area contributed by atoms with Gasteiger partial charge < -0.3 is 20.5 Å². The molecule has 3 rings (SSSR count). The molecule has 0 unspecified atom stereocenters. The molecule has 0 spiro atoms. The van der Waals surface area contributed by atoms with Crippen molar-refractivity contribution in [3.05, 3.63) is 94.0 Å². The first-order valence-electron chi connectivity index (χ1n) is 9.24. The average Bonchev–Trinajstić information content (AvgIpc) is 2.78. The van der Waals surface area contributed by atoms with Gasteiger partial charge in [0.15, 0.2) is 6.61 Å². The van der Waals surface area contributed by atoms with Crippen LogP contribution in [0.15, 0.2) is 72.8 Å². The molecule has 0 aliphatic heterocycles. The number of carbonyl (C=O) groups excluding carboxylic acids is 2. The van der Waals surface area contributed by atoms with Crippen molar-refractivity contribution < 1.29 is 29.2 Å². The van der Waals surface area contributed by atoms with Gasteiger partial charge in [-0.2, -0.15) is 0 Å². The van der Waals surface area contributed by atoms with Gasteiger partial charge in [-0.1, -0.05) is 12.1 Å². The molecule has 0 aromatic heterocycles. The summed E-state index contributed by atoms with van der Waals surface area (Å²) in [6.45, 7) is -0.371. The molecule has 0 fully saturated rings. The molecule has 162 valence electrons. The number of carboxylic acids is 1. The molecule has 0 atom stereocenters. The number of nitrogens with zero attached hydrogens (tertiary/aromatic N) is 1. The SMILES string of the molecule is O=C(COc1ccc([N+](=O)[O-])cc1)Nc1ccccc1C(=O)Nc1ccc(C(=O)O)cc1. The van der Waals surface area contributed by atoms with E-state index in [-0.39, 0.29) is 34.9 Å². The lowest BCUT2D eigenvalue weighted by Crippen LogP contribution is -2.22. The third kappa shape index (κ3) is 5.66. The van der Waals surface area contributed by atoms with Crippen LogP contribution in [0.1, 0.15) is 20.7 Å². The van der Waals surface area contributed by atoms with Gasteiger partial charge in [0.1, 0.15) is 5.75 Å². The first-order valence-corrected chi connectivity index (χ1v) is 9.24. The summed E-state index contributed by atoms with van der Waals surface area (Å²) in [7, 11) is 0. The Morgan fingerprint density at radius 3 is 2.19 bits per heavy atom. The zero-order valence-corrected chi connectivity index (χ0v) is 16.5. The summed E-state index contributed by atoms with van der Waals surface area (Å²) < 4.78 is 5.32. The number of rotatable bonds is 8. The second-order valence-electron chi connectivity index (χ2n) is 6.47. The summed E-state index contributed by atoms with van der Waals surface area (Å²) in [5.74, 6) is -1.83. The van der Waals surface area contributed by atoms with E-state index in [2.05, 4.69) is 10.6 Å². The van der Waals surface area contributed by atoms with E-state index in [0.29, 0.717) is 5.69 Å². The summed E-state index contributed by atoms with van der Waals surface area (Å²) in [6.07, 6.45) is 0. The Bertz CT molecular complexity index is 1160. The van der Waals surface area contributed by atoms with E-state index in [9.17, 15) is 24.5 Å². The number of benzene rings is 3. The van der Waals surface area contributed by atoms with Gasteiger partial charge in [-0.05, 0) is 48.5 Å². The van der Waals surface area contributed by atoms with Crippen LogP contribution in [-0.4, -0.2) is 34.4 Å². The lowest BCUT2D eigenvalue weighted by molar-refractivity contribution is -0.384. The van der Waals surface area contributed by atoms with E-state index >= 15 is 0 Å². The Morgan fingerprint density at radius 1 is 0.906 bits per heavy atom. The molecule has 0 aliphatic carbocycles. The summed E-state index contributed by atoms with van der Waals surface area (Å²) in [5.41, 5.74) is 0.827. The third-order valence-corrected chi connectivity index (χ3v) is 4.25. The fourth-order valence-corrected chi connectivity index (χ4v) is 2.68. The van der Waals surface area contributed by atoms with Crippen molar-refractivity contribution in [3.63, 3.8) is 0 Å². The number of anilines is 2. The Kier molecular flexibility index (Phi) is 6.76. The van der Waals surface area contributed by atoms with E-state index in [1.807, 2.05) is 0 Å². The molecule has 3 aromatic rings. The fraction of sp³-hybridized carbons (Fsp3) is 0.0455. The van der Waals surface area contributed by atoms with Gasteiger partial charge in [-0.3, -0.25) is 19.7 Å². The van der Waals surface area contributed by atoms with Gasteiger partial charge in [0.25, 0.3) is 17.5 Å². The number of carboxylic acid groups (broad SMARTS) is 1. The van der Waals surface area contributed by atoms with Crippen LogP contribution in [0.25, 0.3) is 0 Å². The highest BCUT2D eigenvalue weighted by Gasteiger charge is 2.14. The lowest BCUT2D eigenvalue weighted by atomic mass is 10.1. The first kappa shape index (κ1) is 22.0. The lowest BCUT2D eigenvalue weighted by Gasteiger charge is -2.12. The molecular weight excluding hydrogens is 418 g/mol. The van der Waals surface area contributed by atoms with Crippen molar-refractivity contribution in [2.24, 2.45) is 0 Å². The number of nitrogens with one attached hydrogen (secondary N) is 2. The van der Waals surface area contributed by atoms with Crippen molar-refractivity contribution in [1.82, 2.24) is 0 Å². The van der Waals surface area contributed by atoms with Crippen LogP contribution in [0, 0.1) is 10.1 Å². The maximum Gasteiger partial charge on any atom is 0.335 e.